The van der Waals surface area contributed by atoms with Crippen LogP contribution in [0.25, 0.3) is 17.1 Å². The summed E-state index contributed by atoms with van der Waals surface area (Å²) in [4.78, 5) is 32.9. The molecule has 0 N–H and O–H groups in total. The molecule has 1 saturated heterocycles. The van der Waals surface area contributed by atoms with Crippen LogP contribution >= 0.6 is 11.3 Å². The van der Waals surface area contributed by atoms with E-state index in [1.54, 1.807) is 6.92 Å². The first kappa shape index (κ1) is 21.4. The highest BCUT2D eigenvalue weighted by atomic mass is 32.1. The van der Waals surface area contributed by atoms with Crippen LogP contribution in [0.3, 0.4) is 0 Å². The van der Waals surface area contributed by atoms with Crippen LogP contribution in [0.1, 0.15) is 32.1 Å². The Morgan fingerprint density at radius 1 is 1.23 bits per heavy atom. The number of carbonyl (C=O) groups excluding carboxylic acids is 1. The lowest BCUT2D eigenvalue weighted by molar-refractivity contribution is 0.0197. The molecule has 1 fully saturated rings. The van der Waals surface area contributed by atoms with E-state index in [-0.39, 0.29) is 5.56 Å². The zero-order valence-corrected chi connectivity index (χ0v) is 18.5. The fourth-order valence-electron chi connectivity index (χ4n) is 3.41. The number of hydrogen-bond acceptors (Lipinski definition) is 7. The Labute approximate surface area is 184 Å². The molecule has 162 valence electrons. The summed E-state index contributed by atoms with van der Waals surface area (Å²) in [5, 5.41) is 0. The molecule has 3 heterocycles. The number of aryl methyl sites for hydroxylation is 1. The highest BCUT2D eigenvalue weighted by Gasteiger charge is 2.17. The van der Waals surface area contributed by atoms with Crippen LogP contribution in [0.4, 0.5) is 0 Å². The number of nitrogens with zero attached hydrogens (tertiary/aromatic N) is 3. The summed E-state index contributed by atoms with van der Waals surface area (Å²) in [6.45, 7) is 7.86. The Kier molecular flexibility index (Phi) is 6.60. The van der Waals surface area contributed by atoms with Crippen molar-refractivity contribution < 1.29 is 14.3 Å². The van der Waals surface area contributed by atoms with Crippen molar-refractivity contribution in [2.24, 2.45) is 0 Å². The molecule has 7 nitrogen and oxygen atoms in total. The quantitative estimate of drug-likeness (QED) is 0.550. The molecule has 1 aliphatic rings. The number of thiazole rings is 1. The lowest BCUT2D eigenvalue weighted by atomic mass is 10.1. The van der Waals surface area contributed by atoms with Gasteiger partial charge in [-0.05, 0) is 31.1 Å². The fourth-order valence-corrected chi connectivity index (χ4v) is 4.28. The summed E-state index contributed by atoms with van der Waals surface area (Å²) in [5.41, 5.74) is 3.17. The van der Waals surface area contributed by atoms with Gasteiger partial charge >= 0.3 is 5.97 Å². The summed E-state index contributed by atoms with van der Waals surface area (Å²) in [5.74, 6) is -0.433. The monoisotopic (exact) mass is 439 g/mol. The molecule has 0 atom stereocenters. The molecule has 3 aromatic rings. The molecule has 8 heteroatoms. The zero-order chi connectivity index (χ0) is 21.8. The normalized spacial score (nSPS) is 15.0. The maximum Gasteiger partial charge on any atom is 0.350 e. The molecule has 0 radical (unpaired) electrons. The summed E-state index contributed by atoms with van der Waals surface area (Å²) >= 11 is 1.16. The van der Waals surface area contributed by atoms with E-state index >= 15 is 0 Å². The van der Waals surface area contributed by atoms with E-state index in [1.807, 2.05) is 43.3 Å². The van der Waals surface area contributed by atoms with Crippen molar-refractivity contribution >= 4 is 34.4 Å². The first-order chi connectivity index (χ1) is 15.0. The molecule has 0 bridgehead atoms. The van der Waals surface area contributed by atoms with Gasteiger partial charge in [-0.2, -0.15) is 0 Å². The van der Waals surface area contributed by atoms with E-state index in [2.05, 4.69) is 9.88 Å². The van der Waals surface area contributed by atoms with Crippen LogP contribution in [-0.2, 0) is 9.47 Å². The number of esters is 1. The van der Waals surface area contributed by atoms with Crippen LogP contribution < -0.4 is 5.56 Å². The third kappa shape index (κ3) is 4.92. The summed E-state index contributed by atoms with van der Waals surface area (Å²) in [6.07, 6.45) is 5.32. The number of carbonyl (C=O) groups is 1. The molecule has 0 unspecified atom stereocenters. The van der Waals surface area contributed by atoms with E-state index in [1.165, 1.54) is 10.6 Å². The van der Waals surface area contributed by atoms with E-state index in [0.29, 0.717) is 47.5 Å². The van der Waals surface area contributed by atoms with Gasteiger partial charge < -0.3 is 9.47 Å². The summed E-state index contributed by atoms with van der Waals surface area (Å²) in [7, 11) is 0. The van der Waals surface area contributed by atoms with Gasteiger partial charge in [0.05, 0.1) is 18.9 Å². The Hall–Kier alpha value is -2.81. The van der Waals surface area contributed by atoms with Gasteiger partial charge in [0, 0.05) is 31.4 Å². The molecule has 2 aromatic heterocycles. The smallest absolute Gasteiger partial charge is 0.350 e. The highest BCUT2D eigenvalue weighted by Crippen LogP contribution is 2.19. The molecule has 0 aliphatic carbocycles. The summed E-state index contributed by atoms with van der Waals surface area (Å²) < 4.78 is 12.1. The zero-order valence-electron chi connectivity index (χ0n) is 17.7. The van der Waals surface area contributed by atoms with Gasteiger partial charge in [0.25, 0.3) is 5.56 Å². The van der Waals surface area contributed by atoms with Gasteiger partial charge in [0.2, 0.25) is 0 Å². The van der Waals surface area contributed by atoms with Crippen LogP contribution in [-0.4, -0.2) is 59.7 Å². The van der Waals surface area contributed by atoms with Crippen molar-refractivity contribution in [1.82, 2.24) is 14.3 Å². The first-order valence-corrected chi connectivity index (χ1v) is 11.1. The standard InChI is InChI=1S/C23H25N3O4S/c1-16-5-3-4-6-18(16)7-8-19-17(2)21(27)26-15-20(31-23(26)24-19)22(28)30-14-11-25-9-12-29-13-10-25/h3-8,15H,9-14H2,1-2H3. The summed E-state index contributed by atoms with van der Waals surface area (Å²) in [6, 6.07) is 8.01. The largest absolute Gasteiger partial charge is 0.460 e. The topological polar surface area (TPSA) is 73.1 Å². The van der Waals surface area contributed by atoms with E-state index < -0.39 is 5.97 Å². The SMILES string of the molecule is Cc1ccccc1C=Cc1nc2sc(C(=O)OCCN3CCOCC3)cn2c(=O)c1C. The second-order valence-corrected chi connectivity index (χ2v) is 8.46. The Morgan fingerprint density at radius 2 is 2.00 bits per heavy atom. The molecule has 1 aliphatic heterocycles. The van der Waals surface area contributed by atoms with Crippen LogP contribution in [0.15, 0.2) is 35.3 Å². The van der Waals surface area contributed by atoms with Gasteiger partial charge in [0.1, 0.15) is 11.5 Å². The lowest BCUT2D eigenvalue weighted by Gasteiger charge is -2.26. The third-order valence-corrected chi connectivity index (χ3v) is 6.31. The lowest BCUT2D eigenvalue weighted by Crippen LogP contribution is -2.38. The Morgan fingerprint density at radius 3 is 2.77 bits per heavy atom. The van der Waals surface area contributed by atoms with Crippen LogP contribution in [0.5, 0.6) is 0 Å². The molecule has 0 amide bonds. The molecule has 0 spiro atoms. The number of rotatable bonds is 6. The Bertz CT molecular complexity index is 1180. The fraction of sp³-hybridized carbons (Fsp3) is 0.348. The number of aromatic nitrogens is 2. The molecule has 4 rings (SSSR count). The van der Waals surface area contributed by atoms with Crippen molar-refractivity contribution in [3.63, 3.8) is 0 Å². The molecular weight excluding hydrogens is 414 g/mol. The van der Waals surface area contributed by atoms with Crippen molar-refractivity contribution in [2.45, 2.75) is 13.8 Å². The van der Waals surface area contributed by atoms with E-state index in [0.717, 1.165) is 35.6 Å². The number of ether oxygens (including phenoxy) is 2. The van der Waals surface area contributed by atoms with Crippen LogP contribution in [0, 0.1) is 13.8 Å². The van der Waals surface area contributed by atoms with Crippen molar-refractivity contribution in [1.29, 1.82) is 0 Å². The first-order valence-electron chi connectivity index (χ1n) is 10.3. The van der Waals surface area contributed by atoms with E-state index in [4.69, 9.17) is 9.47 Å². The second-order valence-electron chi connectivity index (χ2n) is 7.46. The molecule has 0 saturated carbocycles. The predicted octanol–water partition coefficient (Wildman–Crippen LogP) is 3.03. The second kappa shape index (κ2) is 9.55. The van der Waals surface area contributed by atoms with Crippen molar-refractivity contribution in [3.05, 3.63) is 68.1 Å². The minimum atomic E-state index is -0.433. The van der Waals surface area contributed by atoms with Gasteiger partial charge in [-0.1, -0.05) is 41.7 Å². The highest BCUT2D eigenvalue weighted by molar-refractivity contribution is 7.18. The molecular formula is C23H25N3O4S. The van der Waals surface area contributed by atoms with E-state index in [9.17, 15) is 9.59 Å². The van der Waals surface area contributed by atoms with Crippen LogP contribution in [0.2, 0.25) is 0 Å². The molecule has 31 heavy (non-hydrogen) atoms. The minimum absolute atomic E-state index is 0.182. The predicted molar refractivity (Wildman–Crippen MR) is 122 cm³/mol. The number of morpholine rings is 1. The number of hydrogen-bond donors (Lipinski definition) is 0. The minimum Gasteiger partial charge on any atom is -0.460 e. The number of benzene rings is 1. The number of fused-ring (bicyclic) bond motifs is 1. The van der Waals surface area contributed by atoms with Crippen molar-refractivity contribution in [2.75, 3.05) is 39.5 Å². The Balaban J connectivity index is 1.50. The maximum absolute atomic E-state index is 12.8. The molecule has 1 aromatic carbocycles. The third-order valence-electron chi connectivity index (χ3n) is 5.35. The maximum atomic E-state index is 12.8. The average Bonchev–Trinajstić information content (AvgIpc) is 3.21. The van der Waals surface area contributed by atoms with Gasteiger partial charge in [-0.3, -0.25) is 14.1 Å². The van der Waals surface area contributed by atoms with Gasteiger partial charge in [-0.15, -0.1) is 0 Å². The van der Waals surface area contributed by atoms with Gasteiger partial charge in [0.15, 0.2) is 4.96 Å². The van der Waals surface area contributed by atoms with Crippen molar-refractivity contribution in [3.8, 4) is 0 Å². The average molecular weight is 440 g/mol. The van der Waals surface area contributed by atoms with Gasteiger partial charge in [-0.25, -0.2) is 9.78 Å².